The summed E-state index contributed by atoms with van der Waals surface area (Å²) in [7, 11) is 49.2. The Morgan fingerprint density at radius 2 is 0.707 bits per heavy atom. The lowest BCUT2D eigenvalue weighted by molar-refractivity contribution is 1.06. The van der Waals surface area contributed by atoms with Gasteiger partial charge in [0.25, 0.3) is 0 Å². The van der Waals surface area contributed by atoms with E-state index in [9.17, 15) is 0 Å². The molecular formula is C60H31B7N8. The molecule has 0 N–H and O–H groups in total. The number of hydrogen-bond donors (Lipinski definition) is 0. The summed E-state index contributed by atoms with van der Waals surface area (Å²) in [5.74, 6) is 2.66. The van der Waals surface area contributed by atoms with Crippen molar-refractivity contribution in [2.45, 2.75) is 0 Å². The Hall–Kier alpha value is -8.95. The van der Waals surface area contributed by atoms with E-state index >= 15 is 0 Å². The Morgan fingerprint density at radius 3 is 1.21 bits per heavy atom. The van der Waals surface area contributed by atoms with Gasteiger partial charge in [-0.1, -0.05) is 191 Å². The summed E-state index contributed by atoms with van der Waals surface area (Å²) in [6, 6.07) is 60.4. The van der Waals surface area contributed by atoms with Crippen LogP contribution in [0.3, 0.4) is 0 Å². The van der Waals surface area contributed by atoms with Gasteiger partial charge < -0.3 is 9.13 Å². The van der Waals surface area contributed by atoms with Gasteiger partial charge in [0.05, 0.1) is 16.7 Å². The summed E-state index contributed by atoms with van der Waals surface area (Å²) < 4.78 is 4.14. The molecule has 4 aromatic heterocycles. The van der Waals surface area contributed by atoms with Crippen LogP contribution in [-0.4, -0.2) is 94.0 Å². The van der Waals surface area contributed by atoms with Gasteiger partial charge in [-0.3, -0.25) is 0 Å². The van der Waals surface area contributed by atoms with Crippen LogP contribution in [0.25, 0.3) is 123 Å². The van der Waals surface area contributed by atoms with Crippen molar-refractivity contribution in [2.24, 2.45) is 0 Å². The first kappa shape index (κ1) is 45.9. The monoisotopic (exact) mass is 940 g/mol. The van der Waals surface area contributed by atoms with Gasteiger partial charge in [0, 0.05) is 66.3 Å². The molecule has 0 atom stereocenters. The highest BCUT2D eigenvalue weighted by molar-refractivity contribution is 6.64. The van der Waals surface area contributed by atoms with E-state index in [2.05, 4.69) is 9.13 Å². The van der Waals surface area contributed by atoms with E-state index in [4.69, 9.17) is 84.8 Å². The fourth-order valence-electron chi connectivity index (χ4n) is 10.3. The Labute approximate surface area is 441 Å². The van der Waals surface area contributed by atoms with E-state index in [-0.39, 0.29) is 10.9 Å². The van der Waals surface area contributed by atoms with Crippen molar-refractivity contribution >= 4 is 137 Å². The van der Waals surface area contributed by atoms with Crippen LogP contribution in [0.5, 0.6) is 0 Å². The highest BCUT2D eigenvalue weighted by atomic mass is 15.1. The number of hydrogen-bond acceptors (Lipinski definition) is 6. The van der Waals surface area contributed by atoms with Gasteiger partial charge in [0.1, 0.15) is 54.9 Å². The highest BCUT2D eigenvalue weighted by Gasteiger charge is 2.29. The fraction of sp³-hybridized carbons (Fsp3) is 0. The van der Waals surface area contributed by atoms with Gasteiger partial charge in [0.15, 0.2) is 34.9 Å². The topological polar surface area (TPSA) is 87.2 Å². The van der Waals surface area contributed by atoms with Gasteiger partial charge >= 0.3 is 0 Å². The third-order valence-corrected chi connectivity index (χ3v) is 13.7. The van der Waals surface area contributed by atoms with Crippen LogP contribution in [0, 0.1) is 0 Å². The molecule has 0 unspecified atom stereocenters. The van der Waals surface area contributed by atoms with Crippen LogP contribution in [0.2, 0.25) is 0 Å². The average Bonchev–Trinajstić information content (AvgIpc) is 4.22. The maximum Gasteiger partial charge on any atom is 0.166 e. The lowest BCUT2D eigenvalue weighted by atomic mass is 9.71. The SMILES string of the molecule is [B]c1cc([B])c2c(c1)c1c([B])c([B])c3c4c([B])c([B])cc([B])c4n(-c4ccccc4)c3c1n2-c1ccc(-c2nc(-c3ccccc3)nc(-c3ccccc3)n2)cc1-c1nc(-c2ccccc2)nc(-c2ccccc2)n1. The maximum atomic E-state index is 7.36. The molecule has 332 valence electrons. The second kappa shape index (κ2) is 18.2. The van der Waals surface area contributed by atoms with Crippen molar-refractivity contribution in [2.75, 3.05) is 0 Å². The number of nitrogens with zero attached hydrogens (tertiary/aromatic N) is 8. The smallest absolute Gasteiger partial charge is 0.166 e. The van der Waals surface area contributed by atoms with Crippen LogP contribution in [-0.2, 0) is 0 Å². The molecule has 75 heavy (non-hydrogen) atoms. The van der Waals surface area contributed by atoms with Crippen molar-refractivity contribution < 1.29 is 0 Å². The first-order valence-electron chi connectivity index (χ1n) is 24.1. The summed E-state index contributed by atoms with van der Waals surface area (Å²) >= 11 is 0. The van der Waals surface area contributed by atoms with Gasteiger partial charge in [-0.2, -0.15) is 0 Å². The summed E-state index contributed by atoms with van der Waals surface area (Å²) in [6.07, 6.45) is 0. The Balaban J connectivity index is 1.22. The molecule has 0 aliphatic carbocycles. The number of aromatic nitrogens is 8. The van der Waals surface area contributed by atoms with Crippen molar-refractivity contribution in [3.8, 4) is 79.7 Å². The van der Waals surface area contributed by atoms with Crippen molar-refractivity contribution in [3.63, 3.8) is 0 Å². The molecule has 9 aromatic carbocycles. The minimum atomic E-state index is 0.278. The van der Waals surface area contributed by atoms with Crippen molar-refractivity contribution in [1.29, 1.82) is 0 Å². The van der Waals surface area contributed by atoms with Crippen LogP contribution >= 0.6 is 0 Å². The fourth-order valence-corrected chi connectivity index (χ4v) is 10.3. The highest BCUT2D eigenvalue weighted by Crippen LogP contribution is 2.42. The average molecular weight is 940 g/mol. The largest absolute Gasteiger partial charge is 0.308 e. The van der Waals surface area contributed by atoms with Gasteiger partial charge in [-0.15, -0.1) is 5.46 Å². The number of fused-ring (bicyclic) bond motifs is 7. The molecule has 0 saturated heterocycles. The normalized spacial score (nSPS) is 11.6. The second-order valence-corrected chi connectivity index (χ2v) is 18.3. The number of benzene rings is 9. The molecule has 0 amide bonds. The zero-order chi connectivity index (χ0) is 51.1. The molecule has 14 radical (unpaired) electrons. The van der Waals surface area contributed by atoms with E-state index in [1.54, 1.807) is 12.1 Å². The summed E-state index contributed by atoms with van der Waals surface area (Å²) in [4.78, 5) is 31.0. The minimum Gasteiger partial charge on any atom is -0.308 e. The predicted octanol–water partition coefficient (Wildman–Crippen LogP) is 5.81. The van der Waals surface area contributed by atoms with E-state index < -0.39 is 0 Å². The quantitative estimate of drug-likeness (QED) is 0.179. The molecule has 4 heterocycles. The lowest BCUT2D eigenvalue weighted by Crippen LogP contribution is -2.32. The lowest BCUT2D eigenvalue weighted by Gasteiger charge is -2.19. The summed E-state index contributed by atoms with van der Waals surface area (Å²) in [6.45, 7) is 0. The van der Waals surface area contributed by atoms with Gasteiger partial charge in [-0.25, -0.2) is 29.9 Å². The van der Waals surface area contributed by atoms with E-state index in [1.807, 2.05) is 176 Å². The first-order valence-corrected chi connectivity index (χ1v) is 24.1. The molecular weight excluding hydrogens is 908 g/mol. The Morgan fingerprint density at radius 1 is 0.293 bits per heavy atom. The summed E-state index contributed by atoms with van der Waals surface area (Å²) in [5, 5.41) is 2.34. The zero-order valence-electron chi connectivity index (χ0n) is 40.0. The maximum absolute atomic E-state index is 7.36. The standard InChI is InChI=1S/C60H31B7N8/c61-37-29-40-45-49(66)50(67)47-46-48(65)41(62)31-43(64)52(46)74(38-24-14-5-15-25-38)54(47)53(45)75(51(40)42(63)30-37)44-27-26-36(59-70-55(32-16-6-1-7-17-32)68-56(71-59)33-18-8-2-9-19-33)28-39(44)60-72-57(34-20-10-3-11-21-34)69-58(73-60)35-22-12-4-13-23-35/h1-31H. The van der Waals surface area contributed by atoms with Crippen molar-refractivity contribution in [3.05, 3.63) is 188 Å². The van der Waals surface area contributed by atoms with Gasteiger partial charge in [-0.05, 0) is 35.7 Å². The molecule has 0 aliphatic heterocycles. The van der Waals surface area contributed by atoms with Crippen LogP contribution in [0.15, 0.2) is 188 Å². The van der Waals surface area contributed by atoms with Crippen LogP contribution in [0.1, 0.15) is 0 Å². The Kier molecular flexibility index (Phi) is 11.1. The van der Waals surface area contributed by atoms with Gasteiger partial charge in [0.2, 0.25) is 0 Å². The summed E-state index contributed by atoms with van der Waals surface area (Å²) in [5.41, 5.74) is 10.6. The third-order valence-electron chi connectivity index (χ3n) is 13.7. The van der Waals surface area contributed by atoms with E-state index in [1.165, 1.54) is 0 Å². The van der Waals surface area contributed by atoms with E-state index in [0.717, 1.165) is 27.9 Å². The van der Waals surface area contributed by atoms with Crippen LogP contribution < -0.4 is 38.2 Å². The number of para-hydroxylation sites is 1. The molecule has 0 fully saturated rings. The first-order chi connectivity index (χ1) is 36.6. The molecule has 0 aliphatic rings. The molecule has 15 heteroatoms. The predicted molar refractivity (Wildman–Crippen MR) is 312 cm³/mol. The molecule has 13 rings (SSSR count). The molecule has 0 saturated carbocycles. The third kappa shape index (κ3) is 7.64. The van der Waals surface area contributed by atoms with Crippen LogP contribution in [0.4, 0.5) is 0 Å². The molecule has 8 nitrogen and oxygen atoms in total. The second-order valence-electron chi connectivity index (χ2n) is 18.3. The molecule has 13 aromatic rings. The molecule has 0 spiro atoms. The number of rotatable bonds is 8. The minimum absolute atomic E-state index is 0.278. The van der Waals surface area contributed by atoms with Crippen molar-refractivity contribution in [1.82, 2.24) is 39.0 Å². The molecule has 0 bridgehead atoms. The zero-order valence-corrected chi connectivity index (χ0v) is 40.0. The Bertz CT molecular complexity index is 4310. The van der Waals surface area contributed by atoms with E-state index in [0.29, 0.717) is 123 Å².